The highest BCUT2D eigenvalue weighted by atomic mass is 16.5. The van der Waals surface area contributed by atoms with Crippen LogP contribution in [0.4, 0.5) is 0 Å². The number of carbonyl (C=O) groups is 1. The van der Waals surface area contributed by atoms with Crippen molar-refractivity contribution in [1.82, 2.24) is 14.7 Å². The van der Waals surface area contributed by atoms with Crippen molar-refractivity contribution in [3.8, 4) is 5.75 Å². The summed E-state index contributed by atoms with van der Waals surface area (Å²) in [4.78, 5) is 29.2. The minimum atomic E-state index is -0.390. The summed E-state index contributed by atoms with van der Waals surface area (Å²) in [7, 11) is 0. The third kappa shape index (κ3) is 3.18. The van der Waals surface area contributed by atoms with Crippen LogP contribution in [0, 0.1) is 5.92 Å². The monoisotopic (exact) mass is 349 g/mol. The second-order valence-electron chi connectivity index (χ2n) is 6.43. The number of aromatic nitrogens is 2. The van der Waals surface area contributed by atoms with Crippen molar-refractivity contribution in [2.75, 3.05) is 13.2 Å². The molecule has 0 radical (unpaired) electrons. The molecule has 1 aliphatic heterocycles. The minimum Gasteiger partial charge on any atom is -0.493 e. The SMILES string of the molecule is O=C(NC[C@@H]1CCOc2ccccc2C1)c1cnc2ccccn2c1=O. The maximum Gasteiger partial charge on any atom is 0.270 e. The van der Waals surface area contributed by atoms with Crippen LogP contribution in [0.5, 0.6) is 5.75 Å². The van der Waals surface area contributed by atoms with E-state index in [2.05, 4.69) is 16.4 Å². The summed E-state index contributed by atoms with van der Waals surface area (Å²) in [5.41, 5.74) is 1.37. The second-order valence-corrected chi connectivity index (χ2v) is 6.43. The molecule has 6 heteroatoms. The van der Waals surface area contributed by atoms with E-state index >= 15 is 0 Å². The zero-order chi connectivity index (χ0) is 17.9. The van der Waals surface area contributed by atoms with Crippen molar-refractivity contribution in [3.05, 3.63) is 76.3 Å². The molecule has 1 N–H and O–H groups in total. The van der Waals surface area contributed by atoms with Gasteiger partial charge in [-0.15, -0.1) is 0 Å². The molecule has 3 heterocycles. The standard InChI is InChI=1S/C20H19N3O3/c24-19(16-13-21-18-7-3-4-9-23(18)20(16)25)22-12-14-8-10-26-17-6-2-1-5-15(17)11-14/h1-7,9,13-14H,8,10-12H2,(H,22,24)/t14-/m1/s1. The molecule has 0 spiro atoms. The summed E-state index contributed by atoms with van der Waals surface area (Å²) >= 11 is 0. The summed E-state index contributed by atoms with van der Waals surface area (Å²) in [5, 5.41) is 2.88. The highest BCUT2D eigenvalue weighted by molar-refractivity contribution is 5.93. The van der Waals surface area contributed by atoms with Crippen LogP contribution in [0.2, 0.25) is 0 Å². The van der Waals surface area contributed by atoms with Gasteiger partial charge in [0.05, 0.1) is 6.61 Å². The molecule has 1 aromatic carbocycles. The quantitative estimate of drug-likeness (QED) is 0.786. The van der Waals surface area contributed by atoms with Gasteiger partial charge in [0.2, 0.25) is 0 Å². The molecule has 0 unspecified atom stereocenters. The van der Waals surface area contributed by atoms with Crippen molar-refractivity contribution in [3.63, 3.8) is 0 Å². The van der Waals surface area contributed by atoms with E-state index < -0.39 is 0 Å². The first-order valence-corrected chi connectivity index (χ1v) is 8.67. The van der Waals surface area contributed by atoms with Crippen molar-refractivity contribution >= 4 is 11.6 Å². The van der Waals surface area contributed by atoms with E-state index in [9.17, 15) is 9.59 Å². The summed E-state index contributed by atoms with van der Waals surface area (Å²) in [5.74, 6) is 0.788. The molecule has 1 amide bonds. The maximum atomic E-state index is 12.5. The zero-order valence-electron chi connectivity index (χ0n) is 14.2. The molecule has 6 nitrogen and oxygen atoms in total. The van der Waals surface area contributed by atoms with Gasteiger partial charge in [-0.2, -0.15) is 0 Å². The van der Waals surface area contributed by atoms with Gasteiger partial charge in [-0.05, 0) is 42.5 Å². The molecule has 0 aliphatic carbocycles. The first kappa shape index (κ1) is 16.3. The third-order valence-electron chi connectivity index (χ3n) is 4.67. The molecule has 132 valence electrons. The highest BCUT2D eigenvalue weighted by Crippen LogP contribution is 2.26. The number of fused-ring (bicyclic) bond motifs is 2. The lowest BCUT2D eigenvalue weighted by atomic mass is 9.97. The Hall–Kier alpha value is -3.15. The molecular formula is C20H19N3O3. The maximum absolute atomic E-state index is 12.5. The van der Waals surface area contributed by atoms with Gasteiger partial charge < -0.3 is 10.1 Å². The van der Waals surface area contributed by atoms with Crippen molar-refractivity contribution in [2.45, 2.75) is 12.8 Å². The number of pyridine rings is 1. The number of nitrogens with one attached hydrogen (secondary N) is 1. The predicted octanol–water partition coefficient (Wildman–Crippen LogP) is 2.07. The highest BCUT2D eigenvalue weighted by Gasteiger charge is 2.19. The number of amides is 1. The Bertz CT molecular complexity index is 1010. The van der Waals surface area contributed by atoms with E-state index in [-0.39, 0.29) is 22.9 Å². The Morgan fingerprint density at radius 2 is 2.08 bits per heavy atom. The smallest absolute Gasteiger partial charge is 0.270 e. The van der Waals surface area contributed by atoms with Crippen LogP contribution in [0.25, 0.3) is 5.65 Å². The van der Waals surface area contributed by atoms with Gasteiger partial charge in [0, 0.05) is 18.9 Å². The lowest BCUT2D eigenvalue weighted by molar-refractivity contribution is 0.0943. The fourth-order valence-corrected chi connectivity index (χ4v) is 3.25. The Labute approximate surface area is 150 Å². The number of hydrogen-bond acceptors (Lipinski definition) is 4. The van der Waals surface area contributed by atoms with E-state index in [1.807, 2.05) is 18.2 Å². The van der Waals surface area contributed by atoms with Gasteiger partial charge in [0.25, 0.3) is 11.5 Å². The van der Waals surface area contributed by atoms with E-state index in [0.29, 0.717) is 18.8 Å². The minimum absolute atomic E-state index is 0.0546. The van der Waals surface area contributed by atoms with Gasteiger partial charge in [-0.3, -0.25) is 14.0 Å². The van der Waals surface area contributed by atoms with Gasteiger partial charge in [0.1, 0.15) is 17.0 Å². The number of carbonyl (C=O) groups excluding carboxylic acids is 1. The van der Waals surface area contributed by atoms with Crippen LogP contribution >= 0.6 is 0 Å². The molecular weight excluding hydrogens is 330 g/mol. The van der Waals surface area contributed by atoms with Gasteiger partial charge in [-0.1, -0.05) is 24.3 Å². The first-order valence-electron chi connectivity index (χ1n) is 8.67. The predicted molar refractivity (Wildman–Crippen MR) is 97.5 cm³/mol. The Kier molecular flexibility index (Phi) is 4.39. The molecule has 1 atom stereocenters. The van der Waals surface area contributed by atoms with Crippen LogP contribution in [-0.4, -0.2) is 28.4 Å². The molecule has 0 saturated heterocycles. The Morgan fingerprint density at radius 1 is 1.23 bits per heavy atom. The van der Waals surface area contributed by atoms with Crippen molar-refractivity contribution in [2.24, 2.45) is 5.92 Å². The van der Waals surface area contributed by atoms with Crippen LogP contribution < -0.4 is 15.6 Å². The van der Waals surface area contributed by atoms with Crippen molar-refractivity contribution < 1.29 is 9.53 Å². The fourth-order valence-electron chi connectivity index (χ4n) is 3.25. The van der Waals surface area contributed by atoms with E-state index in [0.717, 1.165) is 24.2 Å². The van der Waals surface area contributed by atoms with Crippen molar-refractivity contribution in [1.29, 1.82) is 0 Å². The van der Waals surface area contributed by atoms with E-state index in [1.165, 1.54) is 10.6 Å². The third-order valence-corrected chi connectivity index (χ3v) is 4.67. The molecule has 26 heavy (non-hydrogen) atoms. The zero-order valence-corrected chi connectivity index (χ0v) is 14.2. The molecule has 0 bridgehead atoms. The average molecular weight is 349 g/mol. The largest absolute Gasteiger partial charge is 0.493 e. The number of hydrogen-bond donors (Lipinski definition) is 1. The van der Waals surface area contributed by atoms with Gasteiger partial charge >= 0.3 is 0 Å². The fraction of sp³-hybridized carbons (Fsp3) is 0.250. The van der Waals surface area contributed by atoms with Crippen LogP contribution in [0.1, 0.15) is 22.3 Å². The molecule has 0 saturated carbocycles. The molecule has 1 aliphatic rings. The summed E-state index contributed by atoms with van der Waals surface area (Å²) in [6, 6.07) is 13.2. The summed E-state index contributed by atoms with van der Waals surface area (Å²) < 4.78 is 7.14. The van der Waals surface area contributed by atoms with E-state index in [1.54, 1.807) is 24.4 Å². The van der Waals surface area contributed by atoms with Crippen LogP contribution in [0.3, 0.4) is 0 Å². The molecule has 2 aromatic heterocycles. The van der Waals surface area contributed by atoms with Gasteiger partial charge in [-0.25, -0.2) is 4.98 Å². The summed E-state index contributed by atoms with van der Waals surface area (Å²) in [6.07, 6.45) is 4.65. The van der Waals surface area contributed by atoms with E-state index in [4.69, 9.17) is 4.74 Å². The molecule has 0 fully saturated rings. The Morgan fingerprint density at radius 3 is 3.00 bits per heavy atom. The van der Waals surface area contributed by atoms with Gasteiger partial charge in [0.15, 0.2) is 0 Å². The average Bonchev–Trinajstić information content (AvgIpc) is 2.88. The number of benzene rings is 1. The summed E-state index contributed by atoms with van der Waals surface area (Å²) in [6.45, 7) is 1.12. The first-order chi connectivity index (χ1) is 12.7. The number of ether oxygens (including phenoxy) is 1. The number of nitrogens with zero attached hydrogens (tertiary/aromatic N) is 2. The Balaban J connectivity index is 1.48. The lowest BCUT2D eigenvalue weighted by Crippen LogP contribution is -2.35. The normalized spacial score (nSPS) is 16.4. The van der Waals surface area contributed by atoms with Crippen LogP contribution in [-0.2, 0) is 6.42 Å². The number of para-hydroxylation sites is 1. The topological polar surface area (TPSA) is 72.7 Å². The lowest BCUT2D eigenvalue weighted by Gasteiger charge is -2.14. The number of rotatable bonds is 3. The molecule has 4 rings (SSSR count). The van der Waals surface area contributed by atoms with Crippen LogP contribution in [0.15, 0.2) is 59.7 Å². The second kappa shape index (κ2) is 7.00. The molecule has 3 aromatic rings.